The van der Waals surface area contributed by atoms with Crippen molar-refractivity contribution in [2.75, 3.05) is 0 Å². The maximum absolute atomic E-state index is 5.67. The van der Waals surface area contributed by atoms with Crippen LogP contribution < -0.4 is 0 Å². The van der Waals surface area contributed by atoms with E-state index in [0.717, 1.165) is 5.56 Å². The number of aryl methyl sites for hydroxylation is 1. The van der Waals surface area contributed by atoms with Crippen LogP contribution in [0.5, 0.6) is 0 Å². The summed E-state index contributed by atoms with van der Waals surface area (Å²) in [6, 6.07) is 5.46. The van der Waals surface area contributed by atoms with E-state index in [9.17, 15) is 0 Å². The molecule has 0 aliphatic rings. The molecule has 0 radical (unpaired) electrons. The van der Waals surface area contributed by atoms with Crippen LogP contribution in [0.25, 0.3) is 0 Å². The number of hydrogen-bond acceptors (Lipinski definition) is 0. The Bertz CT molecular complexity index is 168. The molecule has 0 fully saturated rings. The second-order valence-electron chi connectivity index (χ2n) is 1.95. The molecule has 2 heteroatoms. The molecule has 0 saturated heterocycles. The minimum atomic E-state index is 0.694. The molecule has 0 N–H and O–H groups in total. The van der Waals surface area contributed by atoms with Crippen molar-refractivity contribution in [2.24, 2.45) is 0 Å². The molecule has 9 heavy (non-hydrogen) atoms. The first-order valence-corrected chi connectivity index (χ1v) is 3.37. The zero-order valence-electron chi connectivity index (χ0n) is 4.99. The maximum atomic E-state index is 5.67. The Morgan fingerprint density at radius 3 is 1.78 bits per heavy atom. The van der Waals surface area contributed by atoms with Gasteiger partial charge in [-0.25, -0.2) is 0 Å². The highest BCUT2D eigenvalue weighted by Gasteiger charge is 1.90. The van der Waals surface area contributed by atoms with Gasteiger partial charge in [0.25, 0.3) is 0 Å². The summed E-state index contributed by atoms with van der Waals surface area (Å²) >= 11 is 11.3. The summed E-state index contributed by atoms with van der Waals surface area (Å²) in [4.78, 5) is 0. The van der Waals surface area contributed by atoms with E-state index in [1.54, 1.807) is 6.07 Å². The second kappa shape index (κ2) is 2.59. The lowest BCUT2D eigenvalue weighted by Crippen LogP contribution is -1.70. The van der Waals surface area contributed by atoms with Gasteiger partial charge in [0.1, 0.15) is 0 Å². The SMILES string of the molecule is Cc1cc(Cl)cc(Cl)c1. The molecule has 0 saturated carbocycles. The lowest BCUT2D eigenvalue weighted by molar-refractivity contribution is 1.47. The molecule has 1 aromatic carbocycles. The van der Waals surface area contributed by atoms with Crippen molar-refractivity contribution < 1.29 is 0 Å². The van der Waals surface area contributed by atoms with Gasteiger partial charge in [-0.15, -0.1) is 0 Å². The highest BCUT2D eigenvalue weighted by atomic mass is 35.5. The summed E-state index contributed by atoms with van der Waals surface area (Å²) in [5.74, 6) is 0. The standard InChI is InChI=1S/C7H6Cl2/c1-5-2-6(8)4-7(9)3-5/h2-4H,1H3. The molecule has 0 aromatic heterocycles. The van der Waals surface area contributed by atoms with Gasteiger partial charge in [0.15, 0.2) is 0 Å². The van der Waals surface area contributed by atoms with Gasteiger partial charge in [-0.05, 0) is 30.7 Å². The predicted octanol–water partition coefficient (Wildman–Crippen LogP) is 3.30. The molecule has 0 unspecified atom stereocenters. The van der Waals surface area contributed by atoms with Gasteiger partial charge >= 0.3 is 0 Å². The minimum absolute atomic E-state index is 0.694. The van der Waals surface area contributed by atoms with Crippen LogP contribution in [0.1, 0.15) is 5.56 Å². The number of rotatable bonds is 0. The summed E-state index contributed by atoms with van der Waals surface area (Å²) in [6.45, 7) is 1.96. The summed E-state index contributed by atoms with van der Waals surface area (Å²) in [6.07, 6.45) is 0. The van der Waals surface area contributed by atoms with Crippen LogP contribution in [0.15, 0.2) is 18.2 Å². The fourth-order valence-corrected chi connectivity index (χ4v) is 1.33. The monoisotopic (exact) mass is 160 g/mol. The van der Waals surface area contributed by atoms with Gasteiger partial charge in [-0.2, -0.15) is 0 Å². The van der Waals surface area contributed by atoms with Crippen molar-refractivity contribution in [3.63, 3.8) is 0 Å². The molecular weight excluding hydrogens is 155 g/mol. The summed E-state index contributed by atoms with van der Waals surface area (Å²) in [5.41, 5.74) is 1.09. The van der Waals surface area contributed by atoms with Gasteiger partial charge in [0, 0.05) is 10.0 Å². The Labute approximate surface area is 64.4 Å². The van der Waals surface area contributed by atoms with Gasteiger partial charge in [0.2, 0.25) is 0 Å². The molecule has 0 spiro atoms. The molecular formula is C7H6Cl2. The maximum Gasteiger partial charge on any atom is 0.0423 e. The first kappa shape index (κ1) is 6.91. The van der Waals surface area contributed by atoms with Gasteiger partial charge < -0.3 is 0 Å². The Morgan fingerprint density at radius 1 is 1.00 bits per heavy atom. The molecule has 48 valence electrons. The summed E-state index contributed by atoms with van der Waals surface area (Å²) < 4.78 is 0. The lowest BCUT2D eigenvalue weighted by atomic mass is 10.2. The number of hydrogen-bond donors (Lipinski definition) is 0. The summed E-state index contributed by atoms with van der Waals surface area (Å²) in [7, 11) is 0. The van der Waals surface area contributed by atoms with Gasteiger partial charge in [-0.1, -0.05) is 23.2 Å². The predicted molar refractivity (Wildman–Crippen MR) is 41.2 cm³/mol. The van der Waals surface area contributed by atoms with E-state index in [0.29, 0.717) is 10.0 Å². The third-order valence-electron chi connectivity index (χ3n) is 1.01. The highest BCUT2D eigenvalue weighted by molar-refractivity contribution is 6.34. The Hall–Kier alpha value is -0.200. The molecule has 0 amide bonds. The zero-order valence-corrected chi connectivity index (χ0v) is 6.50. The van der Waals surface area contributed by atoms with Crippen LogP contribution in [-0.2, 0) is 0 Å². The van der Waals surface area contributed by atoms with Crippen LogP contribution in [0.3, 0.4) is 0 Å². The molecule has 0 atom stereocenters. The molecule has 1 rings (SSSR count). The van der Waals surface area contributed by atoms with E-state index in [4.69, 9.17) is 23.2 Å². The third kappa shape index (κ3) is 1.88. The van der Waals surface area contributed by atoms with Crippen molar-refractivity contribution in [3.05, 3.63) is 33.8 Å². The quantitative estimate of drug-likeness (QED) is 0.547. The Kier molecular flexibility index (Phi) is 1.99. The van der Waals surface area contributed by atoms with Crippen molar-refractivity contribution >= 4 is 23.2 Å². The first-order chi connectivity index (χ1) is 4.18. The molecule has 0 aliphatic carbocycles. The van der Waals surface area contributed by atoms with Crippen molar-refractivity contribution in [3.8, 4) is 0 Å². The van der Waals surface area contributed by atoms with Gasteiger partial charge in [0.05, 0.1) is 0 Å². The largest absolute Gasteiger partial charge is 0.0843 e. The molecule has 0 heterocycles. The van der Waals surface area contributed by atoms with E-state index in [1.807, 2.05) is 19.1 Å². The average molecular weight is 161 g/mol. The van der Waals surface area contributed by atoms with E-state index in [1.165, 1.54) is 0 Å². The lowest BCUT2D eigenvalue weighted by Gasteiger charge is -1.93. The van der Waals surface area contributed by atoms with Crippen LogP contribution >= 0.6 is 23.2 Å². The fraction of sp³-hybridized carbons (Fsp3) is 0.143. The molecule has 0 bridgehead atoms. The van der Waals surface area contributed by atoms with E-state index in [-0.39, 0.29) is 0 Å². The highest BCUT2D eigenvalue weighted by Crippen LogP contribution is 2.17. The average Bonchev–Trinajstić information content (AvgIpc) is 1.59. The van der Waals surface area contributed by atoms with Crippen molar-refractivity contribution in [1.29, 1.82) is 0 Å². The molecule has 0 aliphatic heterocycles. The molecule has 1 aromatic rings. The van der Waals surface area contributed by atoms with Crippen LogP contribution in [0.4, 0.5) is 0 Å². The minimum Gasteiger partial charge on any atom is -0.0843 e. The fourth-order valence-electron chi connectivity index (χ4n) is 0.692. The van der Waals surface area contributed by atoms with Crippen LogP contribution in [0.2, 0.25) is 10.0 Å². The van der Waals surface area contributed by atoms with E-state index in [2.05, 4.69) is 0 Å². The van der Waals surface area contributed by atoms with Crippen LogP contribution in [-0.4, -0.2) is 0 Å². The smallest absolute Gasteiger partial charge is 0.0423 e. The van der Waals surface area contributed by atoms with E-state index >= 15 is 0 Å². The first-order valence-electron chi connectivity index (χ1n) is 2.61. The van der Waals surface area contributed by atoms with E-state index < -0.39 is 0 Å². The molecule has 0 nitrogen and oxygen atoms in total. The topological polar surface area (TPSA) is 0 Å². The van der Waals surface area contributed by atoms with Gasteiger partial charge in [-0.3, -0.25) is 0 Å². The van der Waals surface area contributed by atoms with Crippen LogP contribution in [0, 0.1) is 6.92 Å². The summed E-state index contributed by atoms with van der Waals surface area (Å²) in [5, 5.41) is 1.39. The zero-order chi connectivity index (χ0) is 6.85. The third-order valence-corrected chi connectivity index (χ3v) is 1.44. The van der Waals surface area contributed by atoms with Crippen molar-refractivity contribution in [1.82, 2.24) is 0 Å². The second-order valence-corrected chi connectivity index (χ2v) is 2.82. The normalized spacial score (nSPS) is 9.67. The Morgan fingerprint density at radius 2 is 1.44 bits per heavy atom. The van der Waals surface area contributed by atoms with Crippen molar-refractivity contribution in [2.45, 2.75) is 6.92 Å². The Balaban J connectivity index is 3.17. The number of benzene rings is 1. The number of halogens is 2.